The van der Waals surface area contributed by atoms with Crippen molar-refractivity contribution >= 4 is 46.0 Å². The van der Waals surface area contributed by atoms with E-state index >= 15 is 0 Å². The van der Waals surface area contributed by atoms with E-state index < -0.39 is 8.07 Å². The van der Waals surface area contributed by atoms with E-state index in [4.69, 9.17) is 9.40 Å². The van der Waals surface area contributed by atoms with Gasteiger partial charge in [-0.1, -0.05) is 177 Å². The van der Waals surface area contributed by atoms with Gasteiger partial charge in [-0.25, -0.2) is 0 Å². The van der Waals surface area contributed by atoms with Crippen LogP contribution in [0.15, 0.2) is 174 Å². The molecular formula is C56H49IrN3OSi-2. The molecule has 0 fully saturated rings. The second kappa shape index (κ2) is 18.0. The van der Waals surface area contributed by atoms with E-state index in [9.17, 15) is 0 Å². The molecule has 3 aromatic heterocycles. The number of hydrogen-bond donors (Lipinski definition) is 0. The molecule has 1 radical (unpaired) electrons. The van der Waals surface area contributed by atoms with Gasteiger partial charge >= 0.3 is 0 Å². The number of aromatic nitrogens is 3. The zero-order valence-electron chi connectivity index (χ0n) is 36.0. The van der Waals surface area contributed by atoms with Crippen LogP contribution in [0.1, 0.15) is 25.0 Å². The fourth-order valence-corrected chi connectivity index (χ4v) is 10.0. The third-order valence-electron chi connectivity index (χ3n) is 11.4. The van der Waals surface area contributed by atoms with Crippen molar-refractivity contribution in [3.05, 3.63) is 193 Å². The van der Waals surface area contributed by atoms with Gasteiger partial charge < -0.3 is 14.0 Å². The minimum atomic E-state index is -1.34. The Morgan fingerprint density at radius 3 is 2.02 bits per heavy atom. The summed E-state index contributed by atoms with van der Waals surface area (Å²) in [6, 6.07) is 60.3. The van der Waals surface area contributed by atoms with Crippen molar-refractivity contribution < 1.29 is 24.5 Å². The summed E-state index contributed by atoms with van der Waals surface area (Å²) in [5.74, 6) is 1.47. The van der Waals surface area contributed by atoms with Crippen molar-refractivity contribution in [2.45, 2.75) is 46.8 Å². The Kier molecular flexibility index (Phi) is 12.4. The number of para-hydroxylation sites is 3. The molecular weight excluding hydrogens is 951 g/mol. The van der Waals surface area contributed by atoms with Crippen LogP contribution < -0.4 is 5.19 Å². The Labute approximate surface area is 379 Å². The Morgan fingerprint density at radius 2 is 1.35 bits per heavy atom. The third-order valence-corrected chi connectivity index (χ3v) is 13.4. The summed E-state index contributed by atoms with van der Waals surface area (Å²) in [4.78, 5) is 9.91. The summed E-state index contributed by atoms with van der Waals surface area (Å²) >= 11 is 0. The number of fused-ring (bicyclic) bond motifs is 3. The summed E-state index contributed by atoms with van der Waals surface area (Å²) < 4.78 is 8.40. The average molecular weight is 1000 g/mol. The molecule has 10 rings (SSSR count). The number of rotatable bonds is 8. The SMILES string of the molecule is CC(C)Cc1cc(-c2[c-]cccc2)ncc1[Si](C)(C)C.Cc1cccc2cc3c(-c4nc5ccccc5n4-c4c(-c5ccccc5)cccc4-c4ccccc4)[c-]oc3cc12.[Ir]. The molecule has 0 aliphatic carbocycles. The molecule has 6 heteroatoms. The molecule has 0 aliphatic rings. The molecule has 62 heavy (non-hydrogen) atoms. The minimum absolute atomic E-state index is 0. The minimum Gasteiger partial charge on any atom is -0.557 e. The quantitative estimate of drug-likeness (QED) is 0.113. The number of nitrogens with zero attached hydrogens (tertiary/aromatic N) is 3. The Hall–Kier alpha value is -6.17. The zero-order chi connectivity index (χ0) is 42.1. The predicted molar refractivity (Wildman–Crippen MR) is 258 cm³/mol. The molecule has 0 atom stereocenters. The molecule has 7 aromatic carbocycles. The first-order chi connectivity index (χ1) is 29.6. The van der Waals surface area contributed by atoms with Crippen LogP contribution >= 0.6 is 0 Å². The molecule has 0 saturated heterocycles. The molecule has 0 unspecified atom stereocenters. The van der Waals surface area contributed by atoms with Crippen molar-refractivity contribution in [1.82, 2.24) is 14.5 Å². The molecule has 0 spiro atoms. The predicted octanol–water partition coefficient (Wildman–Crippen LogP) is 14.3. The Morgan fingerprint density at radius 1 is 0.694 bits per heavy atom. The van der Waals surface area contributed by atoms with E-state index in [0.717, 1.165) is 79.0 Å². The molecule has 10 aromatic rings. The van der Waals surface area contributed by atoms with Gasteiger partial charge in [0.1, 0.15) is 0 Å². The van der Waals surface area contributed by atoms with Crippen LogP contribution in [0, 0.1) is 25.2 Å². The maximum absolute atomic E-state index is 6.10. The van der Waals surface area contributed by atoms with Gasteiger partial charge in [0.2, 0.25) is 0 Å². The fraction of sp³-hybridized carbons (Fsp3) is 0.143. The number of aryl methyl sites for hydroxylation is 1. The van der Waals surface area contributed by atoms with Gasteiger partial charge in [-0.3, -0.25) is 4.98 Å². The normalized spacial score (nSPS) is 11.5. The molecule has 3 heterocycles. The van der Waals surface area contributed by atoms with Gasteiger partial charge in [-0.15, -0.1) is 35.9 Å². The van der Waals surface area contributed by atoms with E-state index in [2.05, 4.69) is 208 Å². The number of hydrogen-bond acceptors (Lipinski definition) is 3. The van der Waals surface area contributed by atoms with Crippen LogP contribution in [0.25, 0.3) is 83.4 Å². The maximum Gasteiger partial charge on any atom is 0.0798 e. The second-order valence-corrected chi connectivity index (χ2v) is 22.3. The van der Waals surface area contributed by atoms with E-state index in [1.807, 2.05) is 24.3 Å². The van der Waals surface area contributed by atoms with Gasteiger partial charge in [-0.05, 0) is 69.7 Å². The standard InChI is InChI=1S/C38H25N2O.C18H24NSi.Ir/c1-25-12-10-17-28-22-32-33(24-41-36(32)23-31(25)28)38-39-34-20-8-9-21-35(34)40(38)37-29(26-13-4-2-5-14-26)18-11-19-30(37)27-15-6-3-7-16-27;1-14(2)11-16-12-17(15-9-7-6-8-10-15)19-13-18(16)20(3,4)5;/h2-23H,1H3;6-9,12-14H,11H2,1-5H3;/q2*-1;. The average Bonchev–Trinajstić information content (AvgIpc) is 3.87. The summed E-state index contributed by atoms with van der Waals surface area (Å²) in [6.07, 6.45) is 6.49. The third kappa shape index (κ3) is 8.51. The molecule has 0 bridgehead atoms. The van der Waals surface area contributed by atoms with Crippen LogP contribution in [0.3, 0.4) is 0 Å². The summed E-state index contributed by atoms with van der Waals surface area (Å²) in [5, 5.41) is 4.85. The molecule has 0 saturated carbocycles. The summed E-state index contributed by atoms with van der Waals surface area (Å²) in [7, 11) is -1.34. The van der Waals surface area contributed by atoms with Gasteiger partial charge in [-0.2, -0.15) is 0 Å². The van der Waals surface area contributed by atoms with Crippen molar-refractivity contribution in [3.63, 3.8) is 0 Å². The van der Waals surface area contributed by atoms with E-state index in [-0.39, 0.29) is 20.1 Å². The van der Waals surface area contributed by atoms with Crippen molar-refractivity contribution in [2.75, 3.05) is 0 Å². The maximum atomic E-state index is 6.10. The Bertz CT molecular complexity index is 3070. The van der Waals surface area contributed by atoms with E-state index in [1.165, 1.54) is 27.1 Å². The van der Waals surface area contributed by atoms with Crippen LogP contribution in [-0.2, 0) is 26.5 Å². The van der Waals surface area contributed by atoms with Crippen LogP contribution in [0.2, 0.25) is 19.6 Å². The number of imidazole rings is 1. The van der Waals surface area contributed by atoms with Crippen LogP contribution in [0.4, 0.5) is 0 Å². The van der Waals surface area contributed by atoms with Crippen molar-refractivity contribution in [1.29, 1.82) is 0 Å². The first-order valence-electron chi connectivity index (χ1n) is 21.2. The molecule has 0 aliphatic heterocycles. The molecule has 309 valence electrons. The van der Waals surface area contributed by atoms with Gasteiger partial charge in [0, 0.05) is 49.3 Å². The van der Waals surface area contributed by atoms with E-state index in [0.29, 0.717) is 5.92 Å². The van der Waals surface area contributed by atoms with Gasteiger partial charge in [0.25, 0.3) is 0 Å². The summed E-state index contributed by atoms with van der Waals surface area (Å²) in [6.45, 7) is 13.9. The van der Waals surface area contributed by atoms with Crippen LogP contribution in [-0.4, -0.2) is 22.6 Å². The smallest absolute Gasteiger partial charge is 0.0798 e. The molecule has 0 N–H and O–H groups in total. The topological polar surface area (TPSA) is 43.9 Å². The largest absolute Gasteiger partial charge is 0.557 e. The number of benzene rings is 7. The second-order valence-electron chi connectivity index (χ2n) is 17.3. The first kappa shape index (κ1) is 42.5. The molecule has 4 nitrogen and oxygen atoms in total. The van der Waals surface area contributed by atoms with Crippen molar-refractivity contribution in [3.8, 4) is 50.6 Å². The van der Waals surface area contributed by atoms with Crippen LogP contribution in [0.5, 0.6) is 0 Å². The Balaban J connectivity index is 0.000000214. The monoisotopic (exact) mass is 1000 g/mol. The van der Waals surface area contributed by atoms with Crippen molar-refractivity contribution in [2.24, 2.45) is 5.92 Å². The van der Waals surface area contributed by atoms with E-state index in [1.54, 1.807) is 0 Å². The summed E-state index contributed by atoms with van der Waals surface area (Å²) in [5.41, 5.74) is 14.1. The number of pyridine rings is 1. The number of furan rings is 1. The van der Waals surface area contributed by atoms with Gasteiger partial charge in [0.05, 0.1) is 30.6 Å². The fourth-order valence-electron chi connectivity index (χ4n) is 8.46. The molecule has 0 amide bonds. The van der Waals surface area contributed by atoms with Gasteiger partial charge in [0.15, 0.2) is 0 Å². The zero-order valence-corrected chi connectivity index (χ0v) is 39.4. The first-order valence-corrected chi connectivity index (χ1v) is 24.7.